The Morgan fingerprint density at radius 1 is 1.54 bits per heavy atom. The van der Waals surface area contributed by atoms with Crippen molar-refractivity contribution in [3.05, 3.63) is 12.4 Å². The second-order valence-corrected chi connectivity index (χ2v) is 3.43. The smallest absolute Gasteiger partial charge is 0.159 e. The highest BCUT2D eigenvalue weighted by atomic mass is 32.2. The Balaban J connectivity index is 2.46. The van der Waals surface area contributed by atoms with Crippen molar-refractivity contribution in [2.45, 2.75) is 11.4 Å². The summed E-state index contributed by atoms with van der Waals surface area (Å²) in [5, 5.41) is 9.37. The van der Waals surface area contributed by atoms with E-state index in [-0.39, 0.29) is 6.61 Å². The van der Waals surface area contributed by atoms with Gasteiger partial charge in [-0.15, -0.1) is 11.8 Å². The second-order valence-electron chi connectivity index (χ2n) is 2.31. The largest absolute Gasteiger partial charge is 0.396 e. The van der Waals surface area contributed by atoms with Gasteiger partial charge < -0.3 is 10.5 Å². The van der Waals surface area contributed by atoms with Crippen molar-refractivity contribution in [2.24, 2.45) is 5.84 Å². The molecule has 1 rings (SSSR count). The van der Waals surface area contributed by atoms with Crippen molar-refractivity contribution in [1.29, 1.82) is 0 Å². The normalized spacial score (nSPS) is 10.0. The van der Waals surface area contributed by atoms with Crippen molar-refractivity contribution in [3.63, 3.8) is 0 Å². The lowest BCUT2D eigenvalue weighted by atomic mass is 10.5. The van der Waals surface area contributed by atoms with Crippen LogP contribution in [0.2, 0.25) is 0 Å². The van der Waals surface area contributed by atoms with Gasteiger partial charge in [0.2, 0.25) is 0 Å². The summed E-state index contributed by atoms with van der Waals surface area (Å²) in [4.78, 5) is 8.09. The van der Waals surface area contributed by atoms with Crippen molar-refractivity contribution >= 4 is 17.6 Å². The van der Waals surface area contributed by atoms with E-state index in [0.29, 0.717) is 5.82 Å². The molecule has 0 aliphatic heterocycles. The number of thioether (sulfide) groups is 1. The Labute approximate surface area is 80.7 Å². The molecule has 0 fully saturated rings. The van der Waals surface area contributed by atoms with Gasteiger partial charge in [0.25, 0.3) is 0 Å². The number of aliphatic hydroxyl groups excluding tert-OH is 1. The number of hydrogen-bond acceptors (Lipinski definition) is 6. The van der Waals surface area contributed by atoms with Crippen LogP contribution in [-0.4, -0.2) is 27.4 Å². The summed E-state index contributed by atoms with van der Waals surface area (Å²) < 4.78 is 0. The van der Waals surface area contributed by atoms with Gasteiger partial charge in [-0.25, -0.2) is 10.8 Å². The van der Waals surface area contributed by atoms with Gasteiger partial charge in [0.1, 0.15) is 5.03 Å². The fourth-order valence-corrected chi connectivity index (χ4v) is 1.51. The lowest BCUT2D eigenvalue weighted by Crippen LogP contribution is -2.08. The Morgan fingerprint density at radius 2 is 2.38 bits per heavy atom. The molecule has 4 N–H and O–H groups in total. The van der Waals surface area contributed by atoms with Crippen LogP contribution in [0.25, 0.3) is 0 Å². The number of rotatable bonds is 5. The minimum Gasteiger partial charge on any atom is -0.396 e. The van der Waals surface area contributed by atoms with Gasteiger partial charge in [-0.1, -0.05) is 0 Å². The Kier molecular flexibility index (Phi) is 4.52. The van der Waals surface area contributed by atoms with Crippen LogP contribution in [0.1, 0.15) is 6.42 Å². The summed E-state index contributed by atoms with van der Waals surface area (Å²) in [5.41, 5.74) is 2.42. The monoisotopic (exact) mass is 200 g/mol. The molecule has 13 heavy (non-hydrogen) atoms. The minimum absolute atomic E-state index is 0.204. The molecule has 0 aromatic carbocycles. The van der Waals surface area contributed by atoms with Crippen LogP contribution < -0.4 is 11.3 Å². The summed E-state index contributed by atoms with van der Waals surface area (Å²) in [7, 11) is 0. The third-order valence-electron chi connectivity index (χ3n) is 1.31. The molecule has 6 heteroatoms. The zero-order valence-corrected chi connectivity index (χ0v) is 7.92. The topological polar surface area (TPSA) is 84.1 Å². The molecule has 0 saturated heterocycles. The number of nitrogen functional groups attached to an aromatic ring is 1. The number of aromatic nitrogens is 2. The lowest BCUT2D eigenvalue weighted by Gasteiger charge is -2.01. The standard InChI is InChI=1S/C7H12N4OS/c8-11-6-4-9-5-7(10-6)13-3-1-2-12/h4-5,12H,1-3,8H2,(H,10,11). The van der Waals surface area contributed by atoms with E-state index in [9.17, 15) is 0 Å². The lowest BCUT2D eigenvalue weighted by molar-refractivity contribution is 0.296. The number of nitrogens with one attached hydrogen (secondary N) is 1. The average Bonchev–Trinajstić information content (AvgIpc) is 2.19. The minimum atomic E-state index is 0.204. The van der Waals surface area contributed by atoms with Crippen LogP contribution >= 0.6 is 11.8 Å². The fourth-order valence-electron chi connectivity index (χ4n) is 0.728. The molecular weight excluding hydrogens is 188 g/mol. The molecule has 5 nitrogen and oxygen atoms in total. The van der Waals surface area contributed by atoms with Crippen molar-refractivity contribution < 1.29 is 5.11 Å². The zero-order chi connectivity index (χ0) is 9.52. The predicted octanol–water partition coefficient (Wildman–Crippen LogP) is 0.237. The summed E-state index contributed by atoms with van der Waals surface area (Å²) in [6, 6.07) is 0. The quantitative estimate of drug-likeness (QED) is 0.273. The van der Waals surface area contributed by atoms with Crippen LogP contribution in [0.3, 0.4) is 0 Å². The molecule has 1 heterocycles. The number of aliphatic hydroxyl groups is 1. The highest BCUT2D eigenvalue weighted by Crippen LogP contribution is 2.15. The van der Waals surface area contributed by atoms with Crippen molar-refractivity contribution in [2.75, 3.05) is 17.8 Å². The van der Waals surface area contributed by atoms with Crippen LogP contribution in [0, 0.1) is 0 Å². The van der Waals surface area contributed by atoms with E-state index < -0.39 is 0 Å². The molecule has 0 saturated carbocycles. The number of nitrogens with two attached hydrogens (primary N) is 1. The second kappa shape index (κ2) is 5.74. The van der Waals surface area contributed by atoms with E-state index in [1.807, 2.05) is 0 Å². The van der Waals surface area contributed by atoms with Gasteiger partial charge in [0.15, 0.2) is 5.82 Å². The molecule has 1 aromatic rings. The summed E-state index contributed by atoms with van der Waals surface area (Å²) >= 11 is 1.55. The van der Waals surface area contributed by atoms with Crippen LogP contribution in [0.15, 0.2) is 17.4 Å². The number of nitrogens with zero attached hydrogens (tertiary/aromatic N) is 2. The third kappa shape index (κ3) is 3.58. The Morgan fingerprint density at radius 3 is 3.08 bits per heavy atom. The Hall–Kier alpha value is -0.850. The molecule has 0 aliphatic carbocycles. The number of anilines is 1. The maximum absolute atomic E-state index is 8.56. The van der Waals surface area contributed by atoms with Gasteiger partial charge in [-0.05, 0) is 6.42 Å². The molecule has 0 radical (unpaired) electrons. The van der Waals surface area contributed by atoms with E-state index in [4.69, 9.17) is 10.9 Å². The van der Waals surface area contributed by atoms with E-state index in [1.54, 1.807) is 24.2 Å². The Bertz CT molecular complexity index is 258. The van der Waals surface area contributed by atoms with E-state index in [0.717, 1.165) is 17.2 Å². The van der Waals surface area contributed by atoms with Crippen LogP contribution in [-0.2, 0) is 0 Å². The first kappa shape index (κ1) is 10.2. The first-order valence-electron chi connectivity index (χ1n) is 3.89. The van der Waals surface area contributed by atoms with E-state index >= 15 is 0 Å². The van der Waals surface area contributed by atoms with Gasteiger partial charge >= 0.3 is 0 Å². The SMILES string of the molecule is NNc1cncc(SCCCO)n1. The number of hydrogen-bond donors (Lipinski definition) is 3. The van der Waals surface area contributed by atoms with Crippen molar-refractivity contribution in [3.8, 4) is 0 Å². The molecule has 0 spiro atoms. The maximum atomic E-state index is 8.56. The first-order valence-corrected chi connectivity index (χ1v) is 4.87. The molecule has 1 aromatic heterocycles. The van der Waals surface area contributed by atoms with E-state index in [2.05, 4.69) is 15.4 Å². The third-order valence-corrected chi connectivity index (χ3v) is 2.30. The predicted molar refractivity (Wildman–Crippen MR) is 52.3 cm³/mol. The van der Waals surface area contributed by atoms with E-state index in [1.165, 1.54) is 0 Å². The molecular formula is C7H12N4OS. The van der Waals surface area contributed by atoms with Gasteiger partial charge in [0, 0.05) is 12.4 Å². The molecule has 0 aliphatic rings. The highest BCUT2D eigenvalue weighted by Gasteiger charge is 1.97. The maximum Gasteiger partial charge on any atom is 0.159 e. The molecule has 0 unspecified atom stereocenters. The summed E-state index contributed by atoms with van der Waals surface area (Å²) in [6.07, 6.45) is 3.98. The molecule has 0 atom stereocenters. The molecule has 0 bridgehead atoms. The average molecular weight is 200 g/mol. The zero-order valence-electron chi connectivity index (χ0n) is 7.10. The van der Waals surface area contributed by atoms with Crippen molar-refractivity contribution in [1.82, 2.24) is 9.97 Å². The highest BCUT2D eigenvalue weighted by molar-refractivity contribution is 7.99. The molecule has 72 valence electrons. The van der Waals surface area contributed by atoms with Crippen LogP contribution in [0.4, 0.5) is 5.82 Å². The molecule has 0 amide bonds. The fraction of sp³-hybridized carbons (Fsp3) is 0.429. The first-order chi connectivity index (χ1) is 6.36. The summed E-state index contributed by atoms with van der Waals surface area (Å²) in [5.74, 6) is 6.55. The number of hydrazine groups is 1. The summed E-state index contributed by atoms with van der Waals surface area (Å²) in [6.45, 7) is 0.204. The van der Waals surface area contributed by atoms with Crippen LogP contribution in [0.5, 0.6) is 0 Å². The van der Waals surface area contributed by atoms with Gasteiger partial charge in [0.05, 0.1) is 12.4 Å². The van der Waals surface area contributed by atoms with Gasteiger partial charge in [-0.2, -0.15) is 0 Å². The van der Waals surface area contributed by atoms with Gasteiger partial charge in [-0.3, -0.25) is 4.98 Å².